The van der Waals surface area contributed by atoms with E-state index in [2.05, 4.69) is 23.8 Å². The van der Waals surface area contributed by atoms with Crippen molar-refractivity contribution in [2.24, 2.45) is 15.9 Å². The fourth-order valence-electron chi connectivity index (χ4n) is 0.786. The summed E-state index contributed by atoms with van der Waals surface area (Å²) < 4.78 is 0. The zero-order chi connectivity index (χ0) is 6.85. The van der Waals surface area contributed by atoms with E-state index >= 15 is 0 Å². The second-order valence-corrected chi connectivity index (χ2v) is 2.62. The Bertz CT molecular complexity index is 166. The van der Waals surface area contributed by atoms with Crippen LogP contribution < -0.4 is 0 Å². The van der Waals surface area contributed by atoms with Gasteiger partial charge in [-0.25, -0.2) is 4.99 Å². The zero-order valence-corrected chi connectivity index (χ0v) is 6.18. The van der Waals surface area contributed by atoms with Gasteiger partial charge in [0.1, 0.15) is 5.84 Å². The van der Waals surface area contributed by atoms with Gasteiger partial charge >= 0.3 is 0 Å². The summed E-state index contributed by atoms with van der Waals surface area (Å²) >= 11 is 0. The lowest BCUT2D eigenvalue weighted by atomic mass is 10.1. The van der Waals surface area contributed by atoms with Crippen molar-refractivity contribution in [3.05, 3.63) is 0 Å². The van der Waals surface area contributed by atoms with Crippen LogP contribution in [0.15, 0.2) is 9.98 Å². The van der Waals surface area contributed by atoms with Crippen molar-refractivity contribution in [2.75, 3.05) is 6.54 Å². The standard InChI is InChI=1S/C7H12N2/c1-5(2)7-4-8-6(3)9-7/h5H,4H2,1-3H3. The second kappa shape index (κ2) is 2.29. The van der Waals surface area contributed by atoms with Crippen LogP contribution in [0, 0.1) is 5.92 Å². The molecule has 50 valence electrons. The molecule has 0 aromatic rings. The Hall–Kier alpha value is -0.660. The van der Waals surface area contributed by atoms with Crippen LogP contribution in [0.2, 0.25) is 0 Å². The Morgan fingerprint density at radius 1 is 1.44 bits per heavy atom. The van der Waals surface area contributed by atoms with Crippen LogP contribution in [-0.4, -0.2) is 18.1 Å². The van der Waals surface area contributed by atoms with Gasteiger partial charge in [0.25, 0.3) is 0 Å². The molecule has 0 aromatic heterocycles. The molecule has 0 saturated heterocycles. The zero-order valence-electron chi connectivity index (χ0n) is 6.18. The molecule has 0 saturated carbocycles. The van der Waals surface area contributed by atoms with E-state index in [1.165, 1.54) is 5.71 Å². The predicted octanol–water partition coefficient (Wildman–Crippen LogP) is 1.52. The quantitative estimate of drug-likeness (QED) is 0.506. The average molecular weight is 124 g/mol. The molecule has 0 amide bonds. The fourth-order valence-corrected chi connectivity index (χ4v) is 0.786. The molecule has 9 heavy (non-hydrogen) atoms. The van der Waals surface area contributed by atoms with E-state index in [0.717, 1.165) is 12.4 Å². The monoisotopic (exact) mass is 124 g/mol. The highest BCUT2D eigenvalue weighted by Gasteiger charge is 2.08. The molecule has 0 atom stereocenters. The summed E-state index contributed by atoms with van der Waals surface area (Å²) in [4.78, 5) is 8.41. The number of nitrogens with zero attached hydrogens (tertiary/aromatic N) is 2. The minimum atomic E-state index is 0.561. The van der Waals surface area contributed by atoms with Crippen LogP contribution in [0.25, 0.3) is 0 Å². The molecular weight excluding hydrogens is 112 g/mol. The number of hydrogen-bond donors (Lipinski definition) is 0. The van der Waals surface area contributed by atoms with E-state index in [9.17, 15) is 0 Å². The molecule has 0 spiro atoms. The average Bonchev–Trinajstić information content (AvgIpc) is 2.14. The SMILES string of the molecule is CC1=NCC(C(C)C)=N1. The highest BCUT2D eigenvalue weighted by molar-refractivity contribution is 6.03. The summed E-state index contributed by atoms with van der Waals surface area (Å²) in [6.45, 7) is 7.05. The first kappa shape index (κ1) is 6.46. The van der Waals surface area contributed by atoms with Crippen LogP contribution in [0.4, 0.5) is 0 Å². The summed E-state index contributed by atoms with van der Waals surface area (Å²) in [6, 6.07) is 0. The Balaban J connectivity index is 2.60. The van der Waals surface area contributed by atoms with Crippen molar-refractivity contribution in [2.45, 2.75) is 20.8 Å². The summed E-state index contributed by atoms with van der Waals surface area (Å²) in [5.41, 5.74) is 1.22. The topological polar surface area (TPSA) is 24.7 Å². The molecule has 0 bridgehead atoms. The third kappa shape index (κ3) is 1.37. The minimum Gasteiger partial charge on any atom is -0.265 e. The first-order valence-electron chi connectivity index (χ1n) is 3.28. The third-order valence-corrected chi connectivity index (χ3v) is 1.44. The first-order chi connectivity index (χ1) is 4.20. The van der Waals surface area contributed by atoms with E-state index in [1.807, 2.05) is 6.92 Å². The maximum Gasteiger partial charge on any atom is 0.120 e. The van der Waals surface area contributed by atoms with Crippen molar-refractivity contribution in [1.82, 2.24) is 0 Å². The molecule has 0 aromatic carbocycles. The maximum absolute atomic E-state index is 4.25. The molecule has 0 N–H and O–H groups in total. The first-order valence-corrected chi connectivity index (χ1v) is 3.28. The van der Waals surface area contributed by atoms with E-state index in [4.69, 9.17) is 0 Å². The van der Waals surface area contributed by atoms with Crippen molar-refractivity contribution in [3.63, 3.8) is 0 Å². The van der Waals surface area contributed by atoms with Crippen LogP contribution in [0.3, 0.4) is 0 Å². The summed E-state index contributed by atoms with van der Waals surface area (Å²) in [5.74, 6) is 1.49. The molecule has 1 aliphatic rings. The van der Waals surface area contributed by atoms with Crippen LogP contribution >= 0.6 is 0 Å². The Labute approximate surface area is 55.7 Å². The highest BCUT2D eigenvalue weighted by Crippen LogP contribution is 2.04. The molecule has 2 heteroatoms. The van der Waals surface area contributed by atoms with Crippen molar-refractivity contribution < 1.29 is 0 Å². The van der Waals surface area contributed by atoms with Crippen molar-refractivity contribution in [3.8, 4) is 0 Å². The summed E-state index contributed by atoms with van der Waals surface area (Å²) in [6.07, 6.45) is 0. The maximum atomic E-state index is 4.25. The molecule has 0 fully saturated rings. The van der Waals surface area contributed by atoms with Gasteiger partial charge < -0.3 is 0 Å². The fraction of sp³-hybridized carbons (Fsp3) is 0.714. The van der Waals surface area contributed by atoms with E-state index in [1.54, 1.807) is 0 Å². The molecule has 1 rings (SSSR count). The molecule has 1 aliphatic heterocycles. The Morgan fingerprint density at radius 3 is 2.33 bits per heavy atom. The smallest absolute Gasteiger partial charge is 0.120 e. The molecule has 0 aliphatic carbocycles. The van der Waals surface area contributed by atoms with Crippen LogP contribution in [-0.2, 0) is 0 Å². The van der Waals surface area contributed by atoms with Gasteiger partial charge in [0, 0.05) is 5.71 Å². The lowest BCUT2D eigenvalue weighted by Gasteiger charge is -1.99. The largest absolute Gasteiger partial charge is 0.265 e. The van der Waals surface area contributed by atoms with Gasteiger partial charge in [0.05, 0.1) is 6.54 Å². The molecule has 0 unspecified atom stereocenters. The van der Waals surface area contributed by atoms with Gasteiger partial charge in [-0.3, -0.25) is 4.99 Å². The van der Waals surface area contributed by atoms with Gasteiger partial charge in [-0.2, -0.15) is 0 Å². The van der Waals surface area contributed by atoms with Gasteiger partial charge in [-0.05, 0) is 12.8 Å². The predicted molar refractivity (Wildman–Crippen MR) is 40.2 cm³/mol. The Morgan fingerprint density at radius 2 is 2.11 bits per heavy atom. The molecule has 0 radical (unpaired) electrons. The van der Waals surface area contributed by atoms with Crippen LogP contribution in [0.1, 0.15) is 20.8 Å². The van der Waals surface area contributed by atoms with Gasteiger partial charge in [0.15, 0.2) is 0 Å². The molecular formula is C7H12N2. The highest BCUT2D eigenvalue weighted by atomic mass is 15.0. The molecule has 1 heterocycles. The van der Waals surface area contributed by atoms with E-state index < -0.39 is 0 Å². The van der Waals surface area contributed by atoms with Gasteiger partial charge in [0.2, 0.25) is 0 Å². The van der Waals surface area contributed by atoms with Crippen molar-refractivity contribution in [1.29, 1.82) is 0 Å². The number of rotatable bonds is 1. The molecule has 2 nitrogen and oxygen atoms in total. The summed E-state index contributed by atoms with van der Waals surface area (Å²) in [7, 11) is 0. The number of aliphatic imine (C=N–C) groups is 2. The number of amidine groups is 1. The van der Waals surface area contributed by atoms with E-state index in [0.29, 0.717) is 5.92 Å². The van der Waals surface area contributed by atoms with Crippen molar-refractivity contribution >= 4 is 11.5 Å². The second-order valence-electron chi connectivity index (χ2n) is 2.62. The van der Waals surface area contributed by atoms with Crippen LogP contribution in [0.5, 0.6) is 0 Å². The lowest BCUT2D eigenvalue weighted by molar-refractivity contribution is 0.874. The Kier molecular flexibility index (Phi) is 1.65. The third-order valence-electron chi connectivity index (χ3n) is 1.44. The summed E-state index contributed by atoms with van der Waals surface area (Å²) in [5, 5.41) is 0. The van der Waals surface area contributed by atoms with Gasteiger partial charge in [-0.15, -0.1) is 0 Å². The number of hydrogen-bond acceptors (Lipinski definition) is 2. The van der Waals surface area contributed by atoms with Gasteiger partial charge in [-0.1, -0.05) is 13.8 Å². The van der Waals surface area contributed by atoms with E-state index in [-0.39, 0.29) is 0 Å². The minimum absolute atomic E-state index is 0.561. The normalized spacial score (nSPS) is 18.2. The lowest BCUT2D eigenvalue weighted by Crippen LogP contribution is -2.07.